The lowest BCUT2D eigenvalue weighted by molar-refractivity contribution is 0.202. The summed E-state index contributed by atoms with van der Waals surface area (Å²) < 4.78 is 19.3. The Kier molecular flexibility index (Phi) is 5.00. The van der Waals surface area contributed by atoms with E-state index in [2.05, 4.69) is 0 Å². The molecule has 0 spiro atoms. The van der Waals surface area contributed by atoms with Crippen molar-refractivity contribution in [2.45, 2.75) is 38.5 Å². The molecule has 0 heterocycles. The Morgan fingerprint density at radius 1 is 1.22 bits per heavy atom. The van der Waals surface area contributed by atoms with Crippen LogP contribution < -0.4 is 10.5 Å². The second kappa shape index (κ2) is 6.74. The van der Waals surface area contributed by atoms with Crippen LogP contribution in [0.3, 0.4) is 0 Å². The maximum absolute atomic E-state index is 13.6. The molecule has 0 aromatic heterocycles. The molecule has 18 heavy (non-hydrogen) atoms. The Balaban J connectivity index is 1.92. The third-order valence-corrected chi connectivity index (χ3v) is 3.63. The number of hydrogen-bond donors (Lipinski definition) is 1. The fourth-order valence-corrected chi connectivity index (χ4v) is 2.54. The second-order valence-electron chi connectivity index (χ2n) is 5.12. The summed E-state index contributed by atoms with van der Waals surface area (Å²) in [5.41, 5.74) is 6.54. The molecule has 1 aromatic carbocycles. The van der Waals surface area contributed by atoms with Crippen molar-refractivity contribution in [1.82, 2.24) is 0 Å². The number of benzene rings is 1. The van der Waals surface area contributed by atoms with E-state index in [4.69, 9.17) is 10.5 Å². The van der Waals surface area contributed by atoms with Gasteiger partial charge in [-0.25, -0.2) is 4.39 Å². The van der Waals surface area contributed by atoms with Gasteiger partial charge in [0.15, 0.2) is 11.6 Å². The minimum atomic E-state index is -0.272. The van der Waals surface area contributed by atoms with Gasteiger partial charge in [-0.05, 0) is 49.4 Å². The van der Waals surface area contributed by atoms with Gasteiger partial charge in [0, 0.05) is 0 Å². The first-order valence-corrected chi connectivity index (χ1v) is 6.91. The van der Waals surface area contributed by atoms with Crippen molar-refractivity contribution in [3.63, 3.8) is 0 Å². The van der Waals surface area contributed by atoms with E-state index in [-0.39, 0.29) is 5.82 Å². The van der Waals surface area contributed by atoms with Gasteiger partial charge in [-0.2, -0.15) is 0 Å². The molecule has 0 unspecified atom stereocenters. The zero-order valence-electron chi connectivity index (χ0n) is 10.8. The molecular weight excluding hydrogens is 229 g/mol. The molecule has 0 radical (unpaired) electrons. The first kappa shape index (κ1) is 13.3. The van der Waals surface area contributed by atoms with Crippen LogP contribution in [0.15, 0.2) is 18.2 Å². The van der Waals surface area contributed by atoms with Crippen molar-refractivity contribution in [3.05, 3.63) is 29.6 Å². The van der Waals surface area contributed by atoms with Crippen molar-refractivity contribution >= 4 is 0 Å². The fourth-order valence-electron chi connectivity index (χ4n) is 2.54. The molecule has 1 aromatic rings. The fraction of sp³-hybridized carbons (Fsp3) is 0.600. The van der Waals surface area contributed by atoms with Gasteiger partial charge in [0.1, 0.15) is 0 Å². The van der Waals surface area contributed by atoms with E-state index in [0.29, 0.717) is 24.8 Å². The van der Waals surface area contributed by atoms with Gasteiger partial charge in [-0.15, -0.1) is 0 Å². The SMILES string of the molecule is NCCc1ccc(F)c(OCC2CCCCC2)c1. The lowest BCUT2D eigenvalue weighted by Crippen LogP contribution is -2.15. The summed E-state index contributed by atoms with van der Waals surface area (Å²) in [5.74, 6) is 0.703. The van der Waals surface area contributed by atoms with E-state index in [1.54, 1.807) is 12.1 Å². The summed E-state index contributed by atoms with van der Waals surface area (Å²) in [6, 6.07) is 5.03. The molecule has 1 saturated carbocycles. The summed E-state index contributed by atoms with van der Waals surface area (Å²) in [7, 11) is 0. The molecule has 0 atom stereocenters. The lowest BCUT2D eigenvalue weighted by atomic mass is 9.90. The van der Waals surface area contributed by atoms with Crippen LogP contribution in [-0.2, 0) is 6.42 Å². The predicted molar refractivity (Wildman–Crippen MR) is 71.2 cm³/mol. The zero-order valence-corrected chi connectivity index (χ0v) is 10.8. The Morgan fingerprint density at radius 2 is 2.00 bits per heavy atom. The molecule has 100 valence electrons. The predicted octanol–water partition coefficient (Wildman–Crippen LogP) is 3.29. The highest BCUT2D eigenvalue weighted by atomic mass is 19.1. The van der Waals surface area contributed by atoms with Gasteiger partial charge in [-0.3, -0.25) is 0 Å². The van der Waals surface area contributed by atoms with Gasteiger partial charge >= 0.3 is 0 Å². The number of ether oxygens (including phenoxy) is 1. The van der Waals surface area contributed by atoms with E-state index in [0.717, 1.165) is 12.0 Å². The van der Waals surface area contributed by atoms with Crippen LogP contribution in [-0.4, -0.2) is 13.2 Å². The summed E-state index contributed by atoms with van der Waals surface area (Å²) in [4.78, 5) is 0. The number of hydrogen-bond acceptors (Lipinski definition) is 2. The van der Waals surface area contributed by atoms with Crippen LogP contribution in [0.4, 0.5) is 4.39 Å². The van der Waals surface area contributed by atoms with Crippen molar-refractivity contribution in [2.24, 2.45) is 11.7 Å². The minimum absolute atomic E-state index is 0.272. The highest BCUT2D eigenvalue weighted by Gasteiger charge is 2.15. The summed E-state index contributed by atoms with van der Waals surface area (Å²) in [6.45, 7) is 1.22. The average molecular weight is 251 g/mol. The van der Waals surface area contributed by atoms with Crippen molar-refractivity contribution in [3.8, 4) is 5.75 Å². The summed E-state index contributed by atoms with van der Waals surface area (Å²) >= 11 is 0. The topological polar surface area (TPSA) is 35.2 Å². The van der Waals surface area contributed by atoms with Crippen molar-refractivity contribution in [1.29, 1.82) is 0 Å². The monoisotopic (exact) mass is 251 g/mol. The van der Waals surface area contributed by atoms with Crippen LogP contribution in [0, 0.1) is 11.7 Å². The maximum Gasteiger partial charge on any atom is 0.165 e. The standard InChI is InChI=1S/C15H22FNO/c16-14-7-6-12(8-9-17)10-15(14)18-11-13-4-2-1-3-5-13/h6-7,10,13H,1-5,8-9,11,17H2. The second-order valence-corrected chi connectivity index (χ2v) is 5.12. The Bertz CT molecular complexity index is 375. The maximum atomic E-state index is 13.6. The molecule has 0 aliphatic heterocycles. The van der Waals surface area contributed by atoms with Gasteiger partial charge in [0.25, 0.3) is 0 Å². The molecule has 1 aliphatic rings. The van der Waals surface area contributed by atoms with Crippen LogP contribution in [0.25, 0.3) is 0 Å². The first-order chi connectivity index (χ1) is 8.79. The van der Waals surface area contributed by atoms with E-state index >= 15 is 0 Å². The number of halogens is 1. The van der Waals surface area contributed by atoms with Gasteiger partial charge in [-0.1, -0.05) is 25.3 Å². The highest BCUT2D eigenvalue weighted by Crippen LogP contribution is 2.26. The molecule has 0 bridgehead atoms. The van der Waals surface area contributed by atoms with E-state index in [1.807, 2.05) is 0 Å². The first-order valence-electron chi connectivity index (χ1n) is 6.91. The largest absolute Gasteiger partial charge is 0.490 e. The molecule has 0 saturated heterocycles. The summed E-state index contributed by atoms with van der Waals surface area (Å²) in [6.07, 6.45) is 7.08. The van der Waals surface area contributed by atoms with E-state index < -0.39 is 0 Å². The van der Waals surface area contributed by atoms with Gasteiger partial charge < -0.3 is 10.5 Å². The van der Waals surface area contributed by atoms with Crippen LogP contribution in [0.2, 0.25) is 0 Å². The van der Waals surface area contributed by atoms with E-state index in [9.17, 15) is 4.39 Å². The van der Waals surface area contributed by atoms with Gasteiger partial charge in [0.05, 0.1) is 6.61 Å². The van der Waals surface area contributed by atoms with Crippen LogP contribution in [0.1, 0.15) is 37.7 Å². The quantitative estimate of drug-likeness (QED) is 0.871. The molecular formula is C15H22FNO. The number of nitrogens with two attached hydrogens (primary N) is 1. The third-order valence-electron chi connectivity index (χ3n) is 3.63. The van der Waals surface area contributed by atoms with Crippen molar-refractivity contribution in [2.75, 3.05) is 13.2 Å². The highest BCUT2D eigenvalue weighted by molar-refractivity contribution is 5.30. The molecule has 2 rings (SSSR count). The molecule has 2 nitrogen and oxygen atoms in total. The van der Waals surface area contributed by atoms with Gasteiger partial charge in [0.2, 0.25) is 0 Å². The van der Waals surface area contributed by atoms with E-state index in [1.165, 1.54) is 38.2 Å². The Hall–Kier alpha value is -1.09. The van der Waals surface area contributed by atoms with Crippen LogP contribution >= 0.6 is 0 Å². The molecule has 1 fully saturated rings. The summed E-state index contributed by atoms with van der Waals surface area (Å²) in [5, 5.41) is 0. The van der Waals surface area contributed by atoms with Crippen molar-refractivity contribution < 1.29 is 9.13 Å². The minimum Gasteiger partial charge on any atom is -0.490 e. The smallest absolute Gasteiger partial charge is 0.165 e. The zero-order chi connectivity index (χ0) is 12.8. The Morgan fingerprint density at radius 3 is 2.72 bits per heavy atom. The Labute approximate surface area is 108 Å². The molecule has 1 aliphatic carbocycles. The average Bonchev–Trinajstić information content (AvgIpc) is 2.41. The van der Waals surface area contributed by atoms with Crippen LogP contribution in [0.5, 0.6) is 5.75 Å². The molecule has 0 amide bonds. The molecule has 3 heteroatoms. The lowest BCUT2D eigenvalue weighted by Gasteiger charge is -2.21. The number of rotatable bonds is 5. The molecule has 2 N–H and O–H groups in total. The third kappa shape index (κ3) is 3.70. The normalized spacial score (nSPS) is 16.8.